The summed E-state index contributed by atoms with van der Waals surface area (Å²) in [6.45, 7) is -0.0753. The van der Waals surface area contributed by atoms with E-state index in [9.17, 15) is 13.6 Å². The standard InChI is InChI=1S/C9H8N2O3S.Na/c10-5-6-11-9(12)7-1-3-8(4-2-7)15(13)14;/h1-4H,6H2,(H,11,12)(H,13,14);/q;+1/p-1. The van der Waals surface area contributed by atoms with Crippen molar-refractivity contribution < 1.29 is 43.1 Å². The number of amides is 1. The molecule has 0 radical (unpaired) electrons. The van der Waals surface area contributed by atoms with Crippen molar-refractivity contribution in [3.63, 3.8) is 0 Å². The molecule has 1 amide bonds. The molecule has 1 atom stereocenters. The summed E-state index contributed by atoms with van der Waals surface area (Å²) in [5.74, 6) is -0.403. The number of carbonyl (C=O) groups excluding carboxylic acids is 1. The predicted molar refractivity (Wildman–Crippen MR) is 51.6 cm³/mol. The van der Waals surface area contributed by atoms with Crippen molar-refractivity contribution in [2.75, 3.05) is 6.54 Å². The third-order valence-electron chi connectivity index (χ3n) is 1.64. The molecule has 78 valence electrons. The van der Waals surface area contributed by atoms with Gasteiger partial charge in [0.1, 0.15) is 6.54 Å². The Hall–Kier alpha value is -0.710. The Morgan fingerprint density at radius 3 is 2.44 bits per heavy atom. The van der Waals surface area contributed by atoms with Crippen LogP contribution < -0.4 is 34.9 Å². The van der Waals surface area contributed by atoms with E-state index in [1.165, 1.54) is 24.3 Å². The Morgan fingerprint density at radius 1 is 1.44 bits per heavy atom. The SMILES string of the molecule is N#CCNC(=O)c1ccc(S(=O)[O-])cc1.[Na+]. The van der Waals surface area contributed by atoms with Crippen LogP contribution in [0.15, 0.2) is 29.2 Å². The molecule has 0 heterocycles. The number of nitriles is 1. The topological polar surface area (TPSA) is 93.0 Å². The first kappa shape index (κ1) is 15.3. The maximum Gasteiger partial charge on any atom is 1.00 e. The number of benzene rings is 1. The molecule has 0 saturated heterocycles. The molecule has 7 heteroatoms. The van der Waals surface area contributed by atoms with Crippen molar-refractivity contribution in [2.45, 2.75) is 4.90 Å². The van der Waals surface area contributed by atoms with Crippen molar-refractivity contribution in [1.82, 2.24) is 5.32 Å². The molecule has 0 aliphatic rings. The maximum atomic E-state index is 11.3. The first-order valence-electron chi connectivity index (χ1n) is 3.99. The van der Waals surface area contributed by atoms with Crippen LogP contribution >= 0.6 is 0 Å². The largest absolute Gasteiger partial charge is 1.00 e. The molecule has 1 unspecified atom stereocenters. The summed E-state index contributed by atoms with van der Waals surface area (Å²) in [6, 6.07) is 7.19. The monoisotopic (exact) mass is 246 g/mol. The van der Waals surface area contributed by atoms with Crippen molar-refractivity contribution in [2.24, 2.45) is 0 Å². The van der Waals surface area contributed by atoms with Crippen LogP contribution in [0.4, 0.5) is 0 Å². The van der Waals surface area contributed by atoms with E-state index in [1.54, 1.807) is 6.07 Å². The van der Waals surface area contributed by atoms with Gasteiger partial charge in [0.15, 0.2) is 0 Å². The van der Waals surface area contributed by atoms with Crippen LogP contribution in [0.5, 0.6) is 0 Å². The van der Waals surface area contributed by atoms with E-state index in [4.69, 9.17) is 5.26 Å². The van der Waals surface area contributed by atoms with E-state index >= 15 is 0 Å². The van der Waals surface area contributed by atoms with Crippen LogP contribution in [-0.4, -0.2) is 21.2 Å². The first-order valence-corrected chi connectivity index (χ1v) is 5.07. The molecule has 1 aromatic rings. The van der Waals surface area contributed by atoms with Gasteiger partial charge in [0.2, 0.25) is 0 Å². The van der Waals surface area contributed by atoms with Crippen molar-refractivity contribution in [3.05, 3.63) is 29.8 Å². The third kappa shape index (κ3) is 4.43. The van der Waals surface area contributed by atoms with E-state index < -0.39 is 17.0 Å². The second kappa shape index (κ2) is 7.54. The molecule has 0 spiro atoms. The average molecular weight is 246 g/mol. The Balaban J connectivity index is 0.00000225. The molecule has 1 aromatic carbocycles. The van der Waals surface area contributed by atoms with E-state index in [0.29, 0.717) is 5.56 Å². The average Bonchev–Trinajstić information content (AvgIpc) is 2.26. The van der Waals surface area contributed by atoms with Crippen molar-refractivity contribution in [1.29, 1.82) is 5.26 Å². The van der Waals surface area contributed by atoms with E-state index in [-0.39, 0.29) is 41.0 Å². The fraction of sp³-hybridized carbons (Fsp3) is 0.111. The number of hydrogen-bond donors (Lipinski definition) is 1. The van der Waals surface area contributed by atoms with Gasteiger partial charge in [-0.05, 0) is 35.3 Å². The summed E-state index contributed by atoms with van der Waals surface area (Å²) in [5, 5.41) is 10.6. The summed E-state index contributed by atoms with van der Waals surface area (Å²) in [7, 11) is 0. The van der Waals surface area contributed by atoms with Crippen LogP contribution in [0.25, 0.3) is 0 Å². The minimum absolute atomic E-state index is 0. The zero-order valence-corrected chi connectivity index (χ0v) is 11.4. The molecule has 0 saturated carbocycles. The van der Waals surface area contributed by atoms with Gasteiger partial charge in [-0.15, -0.1) is 0 Å². The van der Waals surface area contributed by atoms with Crippen LogP contribution in [0, 0.1) is 11.3 Å². The fourth-order valence-corrected chi connectivity index (χ4v) is 1.30. The summed E-state index contributed by atoms with van der Waals surface area (Å²) in [4.78, 5) is 11.4. The molecule has 0 aliphatic heterocycles. The van der Waals surface area contributed by atoms with Gasteiger partial charge in [0.05, 0.1) is 6.07 Å². The zero-order chi connectivity index (χ0) is 11.3. The third-order valence-corrected chi connectivity index (χ3v) is 2.29. The number of rotatable bonds is 3. The summed E-state index contributed by atoms with van der Waals surface area (Å²) >= 11 is -2.29. The van der Waals surface area contributed by atoms with Gasteiger partial charge in [-0.25, -0.2) is 0 Å². The van der Waals surface area contributed by atoms with E-state index in [0.717, 1.165) is 0 Å². The van der Waals surface area contributed by atoms with Gasteiger partial charge >= 0.3 is 29.6 Å². The molecular weight excluding hydrogens is 239 g/mol. The van der Waals surface area contributed by atoms with Gasteiger partial charge in [-0.3, -0.25) is 9.00 Å². The fourth-order valence-electron chi connectivity index (χ4n) is 0.939. The second-order valence-electron chi connectivity index (χ2n) is 2.60. The molecule has 0 aromatic heterocycles. The van der Waals surface area contributed by atoms with Gasteiger partial charge < -0.3 is 9.87 Å². The molecule has 0 bridgehead atoms. The van der Waals surface area contributed by atoms with Crippen LogP contribution in [-0.2, 0) is 11.1 Å². The van der Waals surface area contributed by atoms with Gasteiger partial charge in [0, 0.05) is 10.5 Å². The summed E-state index contributed by atoms with van der Waals surface area (Å²) in [5.41, 5.74) is 0.319. The number of carbonyl (C=O) groups is 1. The molecular formula is C9H7N2NaO3S. The van der Waals surface area contributed by atoms with Gasteiger partial charge in [0.25, 0.3) is 5.91 Å². The first-order chi connectivity index (χ1) is 7.15. The molecule has 0 aliphatic carbocycles. The number of nitrogens with one attached hydrogen (secondary N) is 1. The molecule has 5 nitrogen and oxygen atoms in total. The minimum Gasteiger partial charge on any atom is -0.768 e. The molecule has 1 N–H and O–H groups in total. The normalized spacial score (nSPS) is 10.8. The van der Waals surface area contributed by atoms with Crippen LogP contribution in [0.2, 0.25) is 0 Å². The number of hydrogen-bond acceptors (Lipinski definition) is 4. The molecule has 1 rings (SSSR count). The summed E-state index contributed by atoms with van der Waals surface area (Å²) < 4.78 is 21.0. The Labute approximate surface area is 117 Å². The van der Waals surface area contributed by atoms with Crippen LogP contribution in [0.3, 0.4) is 0 Å². The zero-order valence-electron chi connectivity index (χ0n) is 8.60. The van der Waals surface area contributed by atoms with Crippen molar-refractivity contribution in [3.8, 4) is 6.07 Å². The quantitative estimate of drug-likeness (QED) is 0.354. The molecule has 16 heavy (non-hydrogen) atoms. The van der Waals surface area contributed by atoms with Gasteiger partial charge in [-0.2, -0.15) is 5.26 Å². The predicted octanol–water partition coefficient (Wildman–Crippen LogP) is -2.82. The maximum absolute atomic E-state index is 11.3. The minimum atomic E-state index is -2.29. The second-order valence-corrected chi connectivity index (χ2v) is 3.54. The number of nitrogens with zero attached hydrogens (tertiary/aromatic N) is 1. The Morgan fingerprint density at radius 2 is 2.00 bits per heavy atom. The van der Waals surface area contributed by atoms with Gasteiger partial charge in [-0.1, -0.05) is 0 Å². The Bertz CT molecular complexity index is 427. The van der Waals surface area contributed by atoms with Crippen molar-refractivity contribution >= 4 is 17.0 Å². The smallest absolute Gasteiger partial charge is 0.768 e. The van der Waals surface area contributed by atoms with Crippen LogP contribution in [0.1, 0.15) is 10.4 Å². The van der Waals surface area contributed by atoms with E-state index in [2.05, 4.69) is 5.32 Å². The summed E-state index contributed by atoms with van der Waals surface area (Å²) in [6.07, 6.45) is 0. The van der Waals surface area contributed by atoms with E-state index in [1.807, 2.05) is 0 Å². The molecule has 0 fully saturated rings. The Kier molecular flexibility index (Phi) is 7.21.